The largest absolute Gasteiger partial charge is 0.469 e. The van der Waals surface area contributed by atoms with Crippen molar-refractivity contribution in [3.8, 4) is 0 Å². The number of unbranched alkanes of at least 4 members (excludes halogenated alkanes) is 4. The fourth-order valence-corrected chi connectivity index (χ4v) is 4.52. The van der Waals surface area contributed by atoms with Gasteiger partial charge in [0, 0.05) is 50.1 Å². The van der Waals surface area contributed by atoms with Crippen molar-refractivity contribution in [2.24, 2.45) is 0 Å². The van der Waals surface area contributed by atoms with E-state index in [-0.39, 0.29) is 23.5 Å². The van der Waals surface area contributed by atoms with Crippen LogP contribution in [0.5, 0.6) is 0 Å². The van der Waals surface area contributed by atoms with Crippen LogP contribution in [0.15, 0.2) is 48.5 Å². The number of hydrogen-bond donors (Lipinski definition) is 0. The van der Waals surface area contributed by atoms with Gasteiger partial charge in [0.2, 0.25) is 5.91 Å². The van der Waals surface area contributed by atoms with Crippen molar-refractivity contribution < 1.29 is 23.1 Å². The second-order valence-electron chi connectivity index (χ2n) is 8.71. The van der Waals surface area contributed by atoms with Gasteiger partial charge in [0.05, 0.1) is 13.2 Å². The summed E-state index contributed by atoms with van der Waals surface area (Å²) in [6.45, 7) is 2.17. The van der Waals surface area contributed by atoms with Gasteiger partial charge in [-0.2, -0.15) is 0 Å². The van der Waals surface area contributed by atoms with Crippen LogP contribution in [0.3, 0.4) is 0 Å². The Morgan fingerprint density at radius 2 is 1.29 bits per heavy atom. The summed E-state index contributed by atoms with van der Waals surface area (Å²) in [5.74, 6) is -0.772. The normalized spacial score (nSPS) is 14.4. The highest BCUT2D eigenvalue weighted by molar-refractivity contribution is 5.76. The third-order valence-electron chi connectivity index (χ3n) is 6.43. The number of nitrogens with zero attached hydrogens (tertiary/aromatic N) is 2. The van der Waals surface area contributed by atoms with Crippen LogP contribution in [0.2, 0.25) is 0 Å². The summed E-state index contributed by atoms with van der Waals surface area (Å²) in [4.78, 5) is 27.7. The first kappa shape index (κ1) is 25.8. The van der Waals surface area contributed by atoms with E-state index >= 15 is 0 Å². The summed E-state index contributed by atoms with van der Waals surface area (Å²) in [6.07, 6.45) is 5.48. The number of carbonyl (C=O) groups excluding carboxylic acids is 2. The molecule has 0 radical (unpaired) electrons. The van der Waals surface area contributed by atoms with Gasteiger partial charge in [0.15, 0.2) is 0 Å². The van der Waals surface area contributed by atoms with E-state index in [1.165, 1.54) is 19.2 Å². The fourth-order valence-electron chi connectivity index (χ4n) is 4.52. The molecule has 0 saturated carbocycles. The van der Waals surface area contributed by atoms with Crippen LogP contribution in [0, 0.1) is 11.6 Å². The van der Waals surface area contributed by atoms with E-state index in [1.807, 2.05) is 4.90 Å². The third kappa shape index (κ3) is 7.10. The molecular formula is C27H34F2N2O3. The Bertz CT molecular complexity index is 899. The van der Waals surface area contributed by atoms with Crippen LogP contribution in [-0.4, -0.2) is 55.0 Å². The number of hydrogen-bond acceptors (Lipinski definition) is 4. The molecule has 0 atom stereocenters. The lowest BCUT2D eigenvalue weighted by molar-refractivity contribution is -0.140. The quantitative estimate of drug-likeness (QED) is 0.337. The maximum Gasteiger partial charge on any atom is 0.305 e. The van der Waals surface area contributed by atoms with Gasteiger partial charge in [-0.3, -0.25) is 14.5 Å². The smallest absolute Gasteiger partial charge is 0.305 e. The van der Waals surface area contributed by atoms with E-state index < -0.39 is 6.04 Å². The fraction of sp³-hybridized carbons (Fsp3) is 0.481. The van der Waals surface area contributed by atoms with E-state index in [4.69, 9.17) is 0 Å². The van der Waals surface area contributed by atoms with Crippen molar-refractivity contribution >= 4 is 11.9 Å². The standard InChI is InChI=1S/C27H34F2N2O3/c1-34-26(33)16-6-4-2-3-5-15-25(32)30-17-19-31(20-18-30)27(21-11-7-9-13-23(21)28)22-12-8-10-14-24(22)29/h7-14,27H,2-6,15-20H2,1H3. The summed E-state index contributed by atoms with van der Waals surface area (Å²) < 4.78 is 34.0. The van der Waals surface area contributed by atoms with Crippen molar-refractivity contribution in [3.05, 3.63) is 71.3 Å². The maximum absolute atomic E-state index is 14.7. The lowest BCUT2D eigenvalue weighted by atomic mass is 9.95. The summed E-state index contributed by atoms with van der Waals surface area (Å²) in [5.41, 5.74) is 0.888. The van der Waals surface area contributed by atoms with Crippen LogP contribution < -0.4 is 0 Å². The van der Waals surface area contributed by atoms with Gasteiger partial charge in [-0.15, -0.1) is 0 Å². The number of benzene rings is 2. The molecule has 0 aromatic heterocycles. The number of amides is 1. The minimum Gasteiger partial charge on any atom is -0.469 e. The molecule has 1 aliphatic rings. The Labute approximate surface area is 200 Å². The Kier molecular flexibility index (Phi) is 10.0. The van der Waals surface area contributed by atoms with Crippen molar-refractivity contribution in [3.63, 3.8) is 0 Å². The maximum atomic E-state index is 14.7. The van der Waals surface area contributed by atoms with Crippen molar-refractivity contribution in [2.75, 3.05) is 33.3 Å². The molecule has 0 unspecified atom stereocenters. The summed E-state index contributed by atoms with van der Waals surface area (Å²) >= 11 is 0. The molecule has 1 amide bonds. The van der Waals surface area contributed by atoms with Gasteiger partial charge >= 0.3 is 5.97 Å². The van der Waals surface area contributed by atoms with Crippen molar-refractivity contribution in [1.82, 2.24) is 9.80 Å². The number of esters is 1. The lowest BCUT2D eigenvalue weighted by Crippen LogP contribution is -2.50. The highest BCUT2D eigenvalue weighted by Gasteiger charge is 2.30. The van der Waals surface area contributed by atoms with Gasteiger partial charge in [-0.1, -0.05) is 55.7 Å². The van der Waals surface area contributed by atoms with Gasteiger partial charge in [0.1, 0.15) is 11.6 Å². The van der Waals surface area contributed by atoms with Crippen LogP contribution in [0.1, 0.15) is 62.1 Å². The van der Waals surface area contributed by atoms with Crippen LogP contribution in [0.4, 0.5) is 8.78 Å². The minimum absolute atomic E-state index is 0.127. The Morgan fingerprint density at radius 1 is 0.794 bits per heavy atom. The molecule has 1 aliphatic heterocycles. The van der Waals surface area contributed by atoms with E-state index in [9.17, 15) is 18.4 Å². The summed E-state index contributed by atoms with van der Waals surface area (Å²) in [5, 5.41) is 0. The number of ether oxygens (including phenoxy) is 1. The number of piperazine rings is 1. The molecule has 2 aromatic rings. The predicted molar refractivity (Wildman–Crippen MR) is 127 cm³/mol. The Balaban J connectivity index is 1.51. The predicted octanol–water partition coefficient (Wildman–Crippen LogP) is 5.10. The van der Waals surface area contributed by atoms with Gasteiger partial charge in [-0.05, 0) is 25.0 Å². The van der Waals surface area contributed by atoms with Gasteiger partial charge < -0.3 is 9.64 Å². The van der Waals surface area contributed by atoms with E-state index in [0.717, 1.165) is 32.1 Å². The highest BCUT2D eigenvalue weighted by Crippen LogP contribution is 2.32. The van der Waals surface area contributed by atoms with E-state index in [0.29, 0.717) is 50.1 Å². The lowest BCUT2D eigenvalue weighted by Gasteiger charge is -2.40. The zero-order valence-corrected chi connectivity index (χ0v) is 19.8. The Morgan fingerprint density at radius 3 is 1.82 bits per heavy atom. The van der Waals surface area contributed by atoms with Crippen LogP contribution in [-0.2, 0) is 14.3 Å². The number of methoxy groups -OCH3 is 1. The molecule has 0 spiro atoms. The van der Waals surface area contributed by atoms with Crippen molar-refractivity contribution in [2.45, 2.75) is 51.0 Å². The molecule has 1 heterocycles. The molecule has 7 heteroatoms. The third-order valence-corrected chi connectivity index (χ3v) is 6.43. The number of halogens is 2. The zero-order chi connectivity index (χ0) is 24.3. The SMILES string of the molecule is COC(=O)CCCCCCCC(=O)N1CCN(C(c2ccccc2F)c2ccccc2F)CC1. The molecule has 1 fully saturated rings. The van der Waals surface area contributed by atoms with Crippen LogP contribution in [0.25, 0.3) is 0 Å². The molecule has 1 saturated heterocycles. The molecule has 5 nitrogen and oxygen atoms in total. The minimum atomic E-state index is -0.537. The summed E-state index contributed by atoms with van der Waals surface area (Å²) in [7, 11) is 1.40. The van der Waals surface area contributed by atoms with Crippen LogP contribution >= 0.6 is 0 Å². The topological polar surface area (TPSA) is 49.9 Å². The van der Waals surface area contributed by atoms with E-state index in [2.05, 4.69) is 9.64 Å². The van der Waals surface area contributed by atoms with Gasteiger partial charge in [0.25, 0.3) is 0 Å². The molecule has 0 aliphatic carbocycles. The average Bonchev–Trinajstić information content (AvgIpc) is 2.86. The van der Waals surface area contributed by atoms with Gasteiger partial charge in [-0.25, -0.2) is 8.78 Å². The first-order valence-electron chi connectivity index (χ1n) is 12.1. The second-order valence-corrected chi connectivity index (χ2v) is 8.71. The molecule has 184 valence electrons. The first-order chi connectivity index (χ1) is 16.5. The molecule has 0 N–H and O–H groups in total. The van der Waals surface area contributed by atoms with E-state index in [1.54, 1.807) is 36.4 Å². The molecule has 0 bridgehead atoms. The molecular weight excluding hydrogens is 438 g/mol. The molecule has 2 aromatic carbocycles. The zero-order valence-electron chi connectivity index (χ0n) is 19.8. The average molecular weight is 473 g/mol. The highest BCUT2D eigenvalue weighted by atomic mass is 19.1. The summed E-state index contributed by atoms with van der Waals surface area (Å²) in [6, 6.07) is 12.5. The molecule has 3 rings (SSSR count). The Hall–Kier alpha value is -2.80. The number of carbonyl (C=O) groups is 2. The molecule has 34 heavy (non-hydrogen) atoms. The monoisotopic (exact) mass is 472 g/mol. The number of rotatable bonds is 11. The van der Waals surface area contributed by atoms with Crippen molar-refractivity contribution in [1.29, 1.82) is 0 Å². The second kappa shape index (κ2) is 13.2. The first-order valence-corrected chi connectivity index (χ1v) is 12.1.